The molecular formula is C23H26N2O3. The van der Waals surface area contributed by atoms with Crippen LogP contribution >= 0.6 is 0 Å². The first-order chi connectivity index (χ1) is 13.8. The van der Waals surface area contributed by atoms with E-state index < -0.39 is 5.97 Å². The fourth-order valence-electron chi connectivity index (χ4n) is 2.88. The maximum absolute atomic E-state index is 11.9. The monoisotopic (exact) mass is 378 g/mol. The van der Waals surface area contributed by atoms with Gasteiger partial charge in [-0.25, -0.2) is 9.78 Å². The molecule has 146 valence electrons. The predicted molar refractivity (Wildman–Crippen MR) is 110 cm³/mol. The quantitative estimate of drug-likeness (QED) is 0.281. The van der Waals surface area contributed by atoms with Gasteiger partial charge >= 0.3 is 5.97 Å². The van der Waals surface area contributed by atoms with E-state index in [1.165, 1.54) is 38.2 Å². The summed E-state index contributed by atoms with van der Waals surface area (Å²) in [4.78, 5) is 18.5. The Balaban J connectivity index is 1.50. The van der Waals surface area contributed by atoms with Gasteiger partial charge in [-0.3, -0.25) is 0 Å². The molecule has 1 N–H and O–H groups in total. The minimum absolute atomic E-state index is 0.324. The van der Waals surface area contributed by atoms with E-state index in [1.54, 1.807) is 12.1 Å². The second kappa shape index (κ2) is 10.3. The van der Waals surface area contributed by atoms with Crippen molar-refractivity contribution in [2.45, 2.75) is 39.0 Å². The van der Waals surface area contributed by atoms with Crippen LogP contribution in [-0.4, -0.2) is 22.5 Å². The third-order valence-corrected chi connectivity index (χ3v) is 4.49. The number of carbonyl (C=O) groups is 1. The Bertz CT molecular complexity index is 841. The largest absolute Gasteiger partial charge is 0.494 e. The van der Waals surface area contributed by atoms with Gasteiger partial charge in [0.1, 0.15) is 17.2 Å². The van der Waals surface area contributed by atoms with Crippen molar-refractivity contribution in [3.05, 3.63) is 66.7 Å². The minimum atomic E-state index is -0.457. The zero-order valence-corrected chi connectivity index (χ0v) is 16.2. The molecule has 0 saturated heterocycles. The number of nitrogens with zero attached hydrogens (tertiary/aromatic N) is 1. The van der Waals surface area contributed by atoms with Crippen molar-refractivity contribution in [2.75, 3.05) is 6.61 Å². The van der Waals surface area contributed by atoms with Crippen molar-refractivity contribution >= 4 is 5.97 Å². The molecule has 0 radical (unpaired) electrons. The summed E-state index contributed by atoms with van der Waals surface area (Å²) in [7, 11) is 0. The van der Waals surface area contributed by atoms with Gasteiger partial charge in [0.2, 0.25) is 0 Å². The summed E-state index contributed by atoms with van der Waals surface area (Å²) in [5.41, 5.74) is 2.46. The molecule has 0 aliphatic carbocycles. The number of carbonyl (C=O) groups excluding carboxylic acids is 1. The topological polar surface area (TPSA) is 64.2 Å². The van der Waals surface area contributed by atoms with E-state index in [0.717, 1.165) is 29.9 Å². The smallest absolute Gasteiger partial charge is 0.361 e. The van der Waals surface area contributed by atoms with Crippen LogP contribution in [0.3, 0.4) is 0 Å². The zero-order chi connectivity index (χ0) is 19.6. The van der Waals surface area contributed by atoms with Crippen LogP contribution in [0.2, 0.25) is 0 Å². The number of benzene rings is 2. The van der Waals surface area contributed by atoms with Crippen LogP contribution in [0.1, 0.15) is 49.5 Å². The lowest BCUT2D eigenvalue weighted by Gasteiger charge is -2.08. The molecule has 0 unspecified atom stereocenters. The first-order valence-electron chi connectivity index (χ1n) is 9.80. The SMILES string of the molecule is CCCCCCCOc1ccc(-c2ccc(OC(=O)c3cnc[nH]3)cc2)cc1. The summed E-state index contributed by atoms with van der Waals surface area (Å²) in [5, 5.41) is 0. The summed E-state index contributed by atoms with van der Waals surface area (Å²) >= 11 is 0. The molecule has 3 rings (SSSR count). The fourth-order valence-corrected chi connectivity index (χ4v) is 2.88. The highest BCUT2D eigenvalue weighted by molar-refractivity contribution is 5.88. The Morgan fingerprint density at radius 3 is 2.14 bits per heavy atom. The first-order valence-corrected chi connectivity index (χ1v) is 9.80. The molecule has 3 aromatic rings. The number of ether oxygens (including phenoxy) is 2. The first kappa shape index (κ1) is 19.7. The molecule has 1 aromatic heterocycles. The molecule has 5 heteroatoms. The summed E-state index contributed by atoms with van der Waals surface area (Å²) in [5.74, 6) is 0.928. The molecule has 0 saturated carbocycles. The number of hydrogen-bond acceptors (Lipinski definition) is 4. The van der Waals surface area contributed by atoms with Gasteiger partial charge in [0.05, 0.1) is 19.1 Å². The molecular weight excluding hydrogens is 352 g/mol. The van der Waals surface area contributed by atoms with Crippen LogP contribution in [0.25, 0.3) is 11.1 Å². The lowest BCUT2D eigenvalue weighted by molar-refractivity contribution is 0.0729. The second-order valence-corrected chi connectivity index (χ2v) is 6.67. The zero-order valence-electron chi connectivity index (χ0n) is 16.2. The van der Waals surface area contributed by atoms with E-state index in [-0.39, 0.29) is 0 Å². The summed E-state index contributed by atoms with van der Waals surface area (Å²) in [6, 6.07) is 15.5. The maximum Gasteiger partial charge on any atom is 0.361 e. The Kier molecular flexibility index (Phi) is 7.24. The fraction of sp³-hybridized carbons (Fsp3) is 0.304. The molecule has 0 atom stereocenters. The lowest BCUT2D eigenvalue weighted by atomic mass is 10.1. The highest BCUT2D eigenvalue weighted by Crippen LogP contribution is 2.25. The number of unbranched alkanes of at least 4 members (excludes halogenated alkanes) is 4. The second-order valence-electron chi connectivity index (χ2n) is 6.67. The maximum atomic E-state index is 11.9. The summed E-state index contributed by atoms with van der Waals surface area (Å²) in [6.07, 6.45) is 9.05. The van der Waals surface area contributed by atoms with Gasteiger partial charge in [-0.1, -0.05) is 56.9 Å². The number of rotatable bonds is 10. The Labute approximate surface area is 165 Å². The number of esters is 1. The molecule has 0 aliphatic rings. The predicted octanol–water partition coefficient (Wildman–Crippen LogP) is 5.65. The van der Waals surface area contributed by atoms with Crippen LogP contribution in [0, 0.1) is 0 Å². The minimum Gasteiger partial charge on any atom is -0.494 e. The van der Waals surface area contributed by atoms with Gasteiger partial charge in [0.15, 0.2) is 0 Å². The summed E-state index contributed by atoms with van der Waals surface area (Å²) in [6.45, 7) is 2.98. The number of hydrogen-bond donors (Lipinski definition) is 1. The Morgan fingerprint density at radius 1 is 0.893 bits per heavy atom. The van der Waals surface area contributed by atoms with E-state index >= 15 is 0 Å². The van der Waals surface area contributed by atoms with Crippen LogP contribution in [0.4, 0.5) is 0 Å². The van der Waals surface area contributed by atoms with E-state index in [4.69, 9.17) is 9.47 Å². The Morgan fingerprint density at radius 2 is 1.54 bits per heavy atom. The molecule has 0 aliphatic heterocycles. The molecule has 5 nitrogen and oxygen atoms in total. The molecule has 0 spiro atoms. The van der Waals surface area contributed by atoms with E-state index in [0.29, 0.717) is 11.4 Å². The summed E-state index contributed by atoms with van der Waals surface area (Å²) < 4.78 is 11.1. The van der Waals surface area contributed by atoms with Gasteiger partial charge in [0, 0.05) is 0 Å². The van der Waals surface area contributed by atoms with Crippen molar-refractivity contribution < 1.29 is 14.3 Å². The number of aromatic amines is 1. The number of imidazole rings is 1. The van der Waals surface area contributed by atoms with Crippen molar-refractivity contribution in [3.8, 4) is 22.6 Å². The van der Waals surface area contributed by atoms with Crippen molar-refractivity contribution in [2.24, 2.45) is 0 Å². The van der Waals surface area contributed by atoms with E-state index in [1.807, 2.05) is 36.4 Å². The standard InChI is InChI=1S/C23H26N2O3/c1-2-3-4-5-6-15-27-20-11-7-18(8-12-20)19-9-13-21(14-10-19)28-23(26)22-16-24-17-25-22/h7-14,16-17H,2-6,15H2,1H3,(H,24,25). The number of nitrogens with one attached hydrogen (secondary N) is 1. The molecule has 0 fully saturated rings. The third kappa shape index (κ3) is 5.71. The van der Waals surface area contributed by atoms with Crippen molar-refractivity contribution in [1.29, 1.82) is 0 Å². The van der Waals surface area contributed by atoms with Crippen molar-refractivity contribution in [3.63, 3.8) is 0 Å². The van der Waals surface area contributed by atoms with E-state index in [9.17, 15) is 4.79 Å². The van der Waals surface area contributed by atoms with Gasteiger partial charge in [0.25, 0.3) is 0 Å². The molecule has 0 bridgehead atoms. The molecule has 1 heterocycles. The molecule has 2 aromatic carbocycles. The lowest BCUT2D eigenvalue weighted by Crippen LogP contribution is -2.08. The van der Waals surface area contributed by atoms with E-state index in [2.05, 4.69) is 16.9 Å². The Hall–Kier alpha value is -3.08. The van der Waals surface area contributed by atoms with Crippen molar-refractivity contribution in [1.82, 2.24) is 9.97 Å². The van der Waals surface area contributed by atoms with Gasteiger partial charge in [-0.2, -0.15) is 0 Å². The van der Waals surface area contributed by atoms with Crippen LogP contribution in [-0.2, 0) is 0 Å². The normalized spacial score (nSPS) is 10.6. The van der Waals surface area contributed by atoms with Gasteiger partial charge < -0.3 is 14.5 Å². The van der Waals surface area contributed by atoms with Gasteiger partial charge in [-0.05, 0) is 41.8 Å². The van der Waals surface area contributed by atoms with Crippen LogP contribution in [0.15, 0.2) is 61.1 Å². The number of H-pyrrole nitrogens is 1. The molecule has 28 heavy (non-hydrogen) atoms. The van der Waals surface area contributed by atoms with Crippen LogP contribution in [0.5, 0.6) is 11.5 Å². The highest BCUT2D eigenvalue weighted by atomic mass is 16.5. The molecule has 0 amide bonds. The average molecular weight is 378 g/mol. The highest BCUT2D eigenvalue weighted by Gasteiger charge is 2.09. The average Bonchev–Trinajstić information content (AvgIpc) is 3.27. The number of aromatic nitrogens is 2. The van der Waals surface area contributed by atoms with Gasteiger partial charge in [-0.15, -0.1) is 0 Å². The third-order valence-electron chi connectivity index (χ3n) is 4.49. The van der Waals surface area contributed by atoms with Crippen LogP contribution < -0.4 is 9.47 Å².